The number of rotatable bonds is 4. The van der Waals surface area contributed by atoms with Crippen LogP contribution in [0.15, 0.2) is 29.6 Å². The number of nitrogens with one attached hydrogen (secondary N) is 1. The van der Waals surface area contributed by atoms with E-state index in [4.69, 9.17) is 28.9 Å². The molecule has 0 aliphatic carbocycles. The molecule has 0 aliphatic heterocycles. The van der Waals surface area contributed by atoms with Crippen LogP contribution >= 0.6 is 34.5 Å². The van der Waals surface area contributed by atoms with Crippen LogP contribution in [0.3, 0.4) is 0 Å². The Kier molecular flexibility index (Phi) is 4.69. The second-order valence-corrected chi connectivity index (χ2v) is 5.77. The van der Waals surface area contributed by atoms with Crippen molar-refractivity contribution in [1.29, 1.82) is 0 Å². The summed E-state index contributed by atoms with van der Waals surface area (Å²) >= 11 is 13.5. The highest BCUT2D eigenvalue weighted by molar-refractivity contribution is 7.09. The van der Waals surface area contributed by atoms with Gasteiger partial charge in [-0.1, -0.05) is 29.3 Å². The summed E-state index contributed by atoms with van der Waals surface area (Å²) in [7, 11) is 0. The van der Waals surface area contributed by atoms with Gasteiger partial charge >= 0.3 is 0 Å². The van der Waals surface area contributed by atoms with E-state index >= 15 is 0 Å². The maximum atomic E-state index is 12.0. The topological polar surface area (TPSA) is 55.1 Å². The zero-order chi connectivity index (χ0) is 13.8. The molecule has 0 fully saturated rings. The summed E-state index contributed by atoms with van der Waals surface area (Å²) in [4.78, 5) is 13.2. The van der Waals surface area contributed by atoms with E-state index in [0.717, 1.165) is 6.42 Å². The maximum absolute atomic E-state index is 12.0. The van der Waals surface area contributed by atoms with Crippen molar-refractivity contribution in [3.8, 4) is 0 Å². The van der Waals surface area contributed by atoms with Gasteiger partial charge in [-0.2, -0.15) is 0 Å². The van der Waals surface area contributed by atoms with Crippen LogP contribution in [0.5, 0.6) is 0 Å². The van der Waals surface area contributed by atoms with Gasteiger partial charge in [-0.3, -0.25) is 4.79 Å². The molecule has 3 nitrogen and oxygen atoms in total. The molecule has 2 rings (SSSR count). The molecule has 6 heteroatoms. The highest BCUT2D eigenvalue weighted by Gasteiger charge is 2.13. The molecular weight excluding hydrogens is 303 g/mol. The van der Waals surface area contributed by atoms with Crippen LogP contribution in [0.4, 0.5) is 5.69 Å². The summed E-state index contributed by atoms with van der Waals surface area (Å²) < 4.78 is 0. The molecule has 0 saturated heterocycles. The number of hydrogen-bond acceptors (Lipinski definition) is 3. The van der Waals surface area contributed by atoms with Gasteiger partial charge < -0.3 is 11.1 Å². The number of amides is 1. The monoisotopic (exact) mass is 314 g/mol. The second-order valence-electron chi connectivity index (χ2n) is 3.95. The third-order valence-corrected chi connectivity index (χ3v) is 4.27. The standard InChI is InChI=1S/C13H12Cl2N2OS/c14-11-7-8(16)6-10(12(11)15)13(18)17-4-3-9-2-1-5-19-9/h1-2,5-7H,3-4,16H2,(H,17,18). The minimum atomic E-state index is -0.268. The minimum Gasteiger partial charge on any atom is -0.399 e. The van der Waals surface area contributed by atoms with Crippen LogP contribution in [0.25, 0.3) is 0 Å². The molecule has 2 aromatic rings. The number of halogens is 2. The number of anilines is 1. The number of carbonyl (C=O) groups excluding carboxylic acids is 1. The third-order valence-electron chi connectivity index (χ3n) is 2.53. The average molecular weight is 315 g/mol. The van der Waals surface area contributed by atoms with Crippen molar-refractivity contribution >= 4 is 46.1 Å². The lowest BCUT2D eigenvalue weighted by Gasteiger charge is -2.08. The minimum absolute atomic E-state index is 0.226. The fraction of sp³-hybridized carbons (Fsp3) is 0.154. The molecule has 1 aromatic carbocycles. The van der Waals surface area contributed by atoms with E-state index in [1.165, 1.54) is 17.0 Å². The van der Waals surface area contributed by atoms with Crippen molar-refractivity contribution in [3.05, 3.63) is 50.1 Å². The summed E-state index contributed by atoms with van der Waals surface area (Å²) in [5, 5.41) is 5.32. The molecule has 1 heterocycles. The summed E-state index contributed by atoms with van der Waals surface area (Å²) in [5.74, 6) is -0.268. The van der Waals surface area contributed by atoms with E-state index in [1.54, 1.807) is 11.3 Å². The van der Waals surface area contributed by atoms with E-state index < -0.39 is 0 Å². The van der Waals surface area contributed by atoms with E-state index in [0.29, 0.717) is 17.8 Å². The number of nitrogens with two attached hydrogens (primary N) is 1. The van der Waals surface area contributed by atoms with Gasteiger partial charge in [0.15, 0.2) is 0 Å². The molecule has 0 atom stereocenters. The first-order chi connectivity index (χ1) is 9.08. The Morgan fingerprint density at radius 3 is 2.84 bits per heavy atom. The third kappa shape index (κ3) is 3.62. The van der Waals surface area contributed by atoms with Crippen molar-refractivity contribution in [2.45, 2.75) is 6.42 Å². The van der Waals surface area contributed by atoms with Crippen molar-refractivity contribution in [2.75, 3.05) is 12.3 Å². The van der Waals surface area contributed by atoms with Gasteiger partial charge in [-0.05, 0) is 30.0 Å². The lowest BCUT2D eigenvalue weighted by molar-refractivity contribution is 0.0954. The quantitative estimate of drug-likeness (QED) is 0.847. The lowest BCUT2D eigenvalue weighted by atomic mass is 10.2. The smallest absolute Gasteiger partial charge is 0.252 e. The Hall–Kier alpha value is -1.23. The van der Waals surface area contributed by atoms with Gasteiger partial charge in [0.25, 0.3) is 5.91 Å². The molecule has 0 aliphatic rings. The fourth-order valence-electron chi connectivity index (χ4n) is 1.62. The van der Waals surface area contributed by atoms with Gasteiger partial charge in [0.05, 0.1) is 15.6 Å². The molecule has 0 spiro atoms. The van der Waals surface area contributed by atoms with Gasteiger partial charge in [0.2, 0.25) is 0 Å². The van der Waals surface area contributed by atoms with Crippen molar-refractivity contribution in [1.82, 2.24) is 5.32 Å². The maximum Gasteiger partial charge on any atom is 0.252 e. The van der Waals surface area contributed by atoms with Crippen LogP contribution < -0.4 is 11.1 Å². The average Bonchev–Trinajstić information content (AvgIpc) is 2.86. The Morgan fingerprint density at radius 1 is 1.37 bits per heavy atom. The number of hydrogen-bond donors (Lipinski definition) is 2. The van der Waals surface area contributed by atoms with Gasteiger partial charge in [-0.15, -0.1) is 11.3 Å². The largest absolute Gasteiger partial charge is 0.399 e. The van der Waals surface area contributed by atoms with Crippen LogP contribution in [-0.4, -0.2) is 12.5 Å². The summed E-state index contributed by atoms with van der Waals surface area (Å²) in [6, 6.07) is 7.05. The first-order valence-corrected chi connectivity index (χ1v) is 7.26. The van der Waals surface area contributed by atoms with Gasteiger partial charge in [0, 0.05) is 17.1 Å². The number of nitrogen functional groups attached to an aromatic ring is 1. The lowest BCUT2D eigenvalue weighted by Crippen LogP contribution is -2.26. The van der Waals surface area contributed by atoms with Crippen LogP contribution in [-0.2, 0) is 6.42 Å². The fourth-order valence-corrected chi connectivity index (χ4v) is 2.76. The summed E-state index contributed by atoms with van der Waals surface area (Å²) in [5.41, 5.74) is 6.37. The first-order valence-electron chi connectivity index (χ1n) is 5.63. The summed E-state index contributed by atoms with van der Waals surface area (Å²) in [6.07, 6.45) is 0.789. The Bertz CT molecular complexity index is 585. The van der Waals surface area contributed by atoms with E-state index in [9.17, 15) is 4.79 Å². The normalized spacial score (nSPS) is 10.4. The molecule has 3 N–H and O–H groups in total. The second kappa shape index (κ2) is 6.28. The molecule has 0 saturated carbocycles. The summed E-state index contributed by atoms with van der Waals surface area (Å²) in [6.45, 7) is 0.544. The van der Waals surface area contributed by atoms with Crippen molar-refractivity contribution in [2.24, 2.45) is 0 Å². The van der Waals surface area contributed by atoms with Gasteiger partial charge in [0.1, 0.15) is 0 Å². The Balaban J connectivity index is 2.00. The van der Waals surface area contributed by atoms with Crippen molar-refractivity contribution in [3.63, 3.8) is 0 Å². The number of benzene rings is 1. The SMILES string of the molecule is Nc1cc(Cl)c(Cl)c(C(=O)NCCc2cccs2)c1. The molecule has 100 valence electrons. The highest BCUT2D eigenvalue weighted by atomic mass is 35.5. The predicted octanol–water partition coefficient (Wildman–Crippen LogP) is 3.61. The van der Waals surface area contributed by atoms with Crippen LogP contribution in [0, 0.1) is 0 Å². The number of carbonyl (C=O) groups is 1. The molecule has 0 unspecified atom stereocenters. The van der Waals surface area contributed by atoms with Gasteiger partial charge in [-0.25, -0.2) is 0 Å². The predicted molar refractivity (Wildman–Crippen MR) is 81.2 cm³/mol. The van der Waals surface area contributed by atoms with Crippen LogP contribution in [0.2, 0.25) is 10.0 Å². The number of thiophene rings is 1. The first kappa shape index (κ1) is 14.2. The molecule has 1 amide bonds. The van der Waals surface area contributed by atoms with Crippen molar-refractivity contribution < 1.29 is 4.79 Å². The Morgan fingerprint density at radius 2 is 2.16 bits per heavy atom. The molecular formula is C13H12Cl2N2OS. The zero-order valence-corrected chi connectivity index (χ0v) is 12.3. The molecule has 19 heavy (non-hydrogen) atoms. The van der Waals surface area contributed by atoms with E-state index in [-0.39, 0.29) is 16.0 Å². The Labute approximate surface area is 125 Å². The van der Waals surface area contributed by atoms with E-state index in [1.807, 2.05) is 17.5 Å². The molecule has 0 radical (unpaired) electrons. The van der Waals surface area contributed by atoms with Crippen LogP contribution in [0.1, 0.15) is 15.2 Å². The van der Waals surface area contributed by atoms with E-state index in [2.05, 4.69) is 5.32 Å². The highest BCUT2D eigenvalue weighted by Crippen LogP contribution is 2.28. The molecule has 1 aromatic heterocycles. The molecule has 0 bridgehead atoms. The zero-order valence-electron chi connectivity index (χ0n) is 9.95.